The molecule has 1 saturated heterocycles. The fourth-order valence-electron chi connectivity index (χ4n) is 1.95. The fraction of sp³-hybridized carbons (Fsp3) is 0.923. The van der Waals surface area contributed by atoms with Crippen LogP contribution in [0.2, 0.25) is 0 Å². The summed E-state index contributed by atoms with van der Waals surface area (Å²) >= 11 is 0. The number of hydrogen-bond donors (Lipinski definition) is 1. The molecule has 1 rings (SSSR count). The van der Waals surface area contributed by atoms with Gasteiger partial charge in [-0.3, -0.25) is 10.1 Å². The summed E-state index contributed by atoms with van der Waals surface area (Å²) in [7, 11) is 0. The summed E-state index contributed by atoms with van der Waals surface area (Å²) in [5, 5.41) is 3.34. The minimum absolute atomic E-state index is 0.0298. The number of nitrogens with one attached hydrogen (secondary N) is 1. The van der Waals surface area contributed by atoms with Crippen molar-refractivity contribution in [2.45, 2.75) is 60.2 Å². The van der Waals surface area contributed by atoms with Gasteiger partial charge in [0.1, 0.15) is 0 Å². The topological polar surface area (TPSA) is 32.3 Å². The van der Waals surface area contributed by atoms with E-state index >= 15 is 0 Å². The van der Waals surface area contributed by atoms with Gasteiger partial charge in [0.2, 0.25) is 5.91 Å². The lowest BCUT2D eigenvalue weighted by Gasteiger charge is -2.32. The third-order valence-electron chi connectivity index (χ3n) is 3.85. The first-order chi connectivity index (χ1) is 7.27. The van der Waals surface area contributed by atoms with Gasteiger partial charge in [0.25, 0.3) is 0 Å². The summed E-state index contributed by atoms with van der Waals surface area (Å²) in [6.07, 6.45) is 1.06. The van der Waals surface area contributed by atoms with Gasteiger partial charge in [-0.25, -0.2) is 0 Å². The van der Waals surface area contributed by atoms with Crippen LogP contribution in [0.1, 0.15) is 48.0 Å². The Kier molecular flexibility index (Phi) is 4.00. The third-order valence-corrected chi connectivity index (χ3v) is 3.85. The number of nitrogens with zero attached hydrogens (tertiary/aromatic N) is 1. The van der Waals surface area contributed by atoms with Crippen LogP contribution in [-0.4, -0.2) is 29.6 Å². The molecule has 0 saturated carbocycles. The molecule has 1 aliphatic heterocycles. The highest BCUT2D eigenvalue weighted by Gasteiger charge is 2.37. The summed E-state index contributed by atoms with van der Waals surface area (Å²) in [6.45, 7) is 13.9. The van der Waals surface area contributed by atoms with E-state index in [0.717, 1.165) is 13.0 Å². The molecule has 1 amide bonds. The summed E-state index contributed by atoms with van der Waals surface area (Å²) < 4.78 is 0. The SMILES string of the molecule is CCC1NC(C)N(CC(C)C(C)(C)C)C1=O. The predicted molar refractivity (Wildman–Crippen MR) is 67.0 cm³/mol. The maximum Gasteiger partial charge on any atom is 0.241 e. The van der Waals surface area contributed by atoms with Crippen molar-refractivity contribution in [2.75, 3.05) is 6.54 Å². The molecule has 94 valence electrons. The minimum Gasteiger partial charge on any atom is -0.326 e. The van der Waals surface area contributed by atoms with E-state index in [1.807, 2.05) is 4.90 Å². The lowest BCUT2D eigenvalue weighted by molar-refractivity contribution is -0.130. The molecule has 0 aromatic heterocycles. The van der Waals surface area contributed by atoms with E-state index < -0.39 is 0 Å². The number of carbonyl (C=O) groups is 1. The molecule has 16 heavy (non-hydrogen) atoms. The molecule has 3 heteroatoms. The fourth-order valence-corrected chi connectivity index (χ4v) is 1.95. The number of amides is 1. The Hall–Kier alpha value is -0.570. The van der Waals surface area contributed by atoms with Crippen molar-refractivity contribution < 1.29 is 4.79 Å². The Morgan fingerprint density at radius 1 is 1.44 bits per heavy atom. The lowest BCUT2D eigenvalue weighted by Crippen LogP contribution is -2.40. The molecule has 0 radical (unpaired) electrons. The van der Waals surface area contributed by atoms with Crippen LogP contribution in [0, 0.1) is 11.3 Å². The Labute approximate surface area is 99.6 Å². The number of hydrogen-bond acceptors (Lipinski definition) is 2. The highest BCUT2D eigenvalue weighted by Crippen LogP contribution is 2.27. The number of carbonyl (C=O) groups excluding carboxylic acids is 1. The van der Waals surface area contributed by atoms with E-state index in [-0.39, 0.29) is 23.5 Å². The Balaban J connectivity index is 2.64. The van der Waals surface area contributed by atoms with Gasteiger partial charge in [0, 0.05) is 6.54 Å². The second kappa shape index (κ2) is 4.74. The molecule has 3 unspecified atom stereocenters. The largest absolute Gasteiger partial charge is 0.326 e. The van der Waals surface area contributed by atoms with Gasteiger partial charge in [0.15, 0.2) is 0 Å². The summed E-state index contributed by atoms with van der Waals surface area (Å²) in [5.41, 5.74) is 0.254. The van der Waals surface area contributed by atoms with E-state index in [1.165, 1.54) is 0 Å². The lowest BCUT2D eigenvalue weighted by atomic mass is 9.82. The molecule has 1 N–H and O–H groups in total. The van der Waals surface area contributed by atoms with Gasteiger partial charge >= 0.3 is 0 Å². The van der Waals surface area contributed by atoms with Crippen molar-refractivity contribution in [1.29, 1.82) is 0 Å². The molecule has 3 nitrogen and oxygen atoms in total. The normalized spacial score (nSPS) is 28.6. The van der Waals surface area contributed by atoms with Crippen LogP contribution < -0.4 is 5.32 Å². The number of rotatable bonds is 3. The van der Waals surface area contributed by atoms with E-state index in [2.05, 4.69) is 46.9 Å². The van der Waals surface area contributed by atoms with Crippen molar-refractivity contribution in [2.24, 2.45) is 11.3 Å². The molecule has 1 fully saturated rings. The van der Waals surface area contributed by atoms with Crippen LogP contribution in [0.4, 0.5) is 0 Å². The molecule has 3 atom stereocenters. The van der Waals surface area contributed by atoms with Crippen LogP contribution in [-0.2, 0) is 4.79 Å². The highest BCUT2D eigenvalue weighted by atomic mass is 16.2. The Morgan fingerprint density at radius 2 is 2.00 bits per heavy atom. The van der Waals surface area contributed by atoms with Crippen LogP contribution in [0.25, 0.3) is 0 Å². The molecule has 0 aromatic rings. The second-order valence-electron chi connectivity index (χ2n) is 6.06. The Bertz CT molecular complexity index is 257. The molecule has 0 aliphatic carbocycles. The van der Waals surface area contributed by atoms with Gasteiger partial charge in [0.05, 0.1) is 12.2 Å². The summed E-state index contributed by atoms with van der Waals surface area (Å²) in [4.78, 5) is 14.1. The van der Waals surface area contributed by atoms with Crippen LogP contribution in [0.3, 0.4) is 0 Å². The van der Waals surface area contributed by atoms with E-state index in [4.69, 9.17) is 0 Å². The standard InChI is InChI=1S/C13H26N2O/c1-7-11-12(16)15(10(3)14-11)8-9(2)13(4,5)6/h9-11,14H,7-8H2,1-6H3. The van der Waals surface area contributed by atoms with Crippen molar-refractivity contribution in [3.8, 4) is 0 Å². The third kappa shape index (κ3) is 2.76. The maximum absolute atomic E-state index is 12.1. The molecule has 1 heterocycles. The van der Waals surface area contributed by atoms with Gasteiger partial charge in [-0.15, -0.1) is 0 Å². The van der Waals surface area contributed by atoms with Crippen molar-refractivity contribution in [3.05, 3.63) is 0 Å². The molecule has 1 aliphatic rings. The molecular formula is C13H26N2O. The summed E-state index contributed by atoms with van der Waals surface area (Å²) in [5.74, 6) is 0.780. The minimum atomic E-state index is 0.0298. The average Bonchev–Trinajstić information content (AvgIpc) is 2.43. The molecular weight excluding hydrogens is 200 g/mol. The first-order valence-electron chi connectivity index (χ1n) is 6.34. The van der Waals surface area contributed by atoms with Crippen LogP contribution in [0.15, 0.2) is 0 Å². The first kappa shape index (κ1) is 13.5. The van der Waals surface area contributed by atoms with Crippen LogP contribution in [0.5, 0.6) is 0 Å². The highest BCUT2D eigenvalue weighted by molar-refractivity contribution is 5.84. The zero-order valence-corrected chi connectivity index (χ0v) is 11.5. The monoisotopic (exact) mass is 226 g/mol. The van der Waals surface area contributed by atoms with Crippen molar-refractivity contribution >= 4 is 5.91 Å². The van der Waals surface area contributed by atoms with E-state index in [9.17, 15) is 4.79 Å². The zero-order chi connectivity index (χ0) is 12.5. The molecule has 0 spiro atoms. The van der Waals surface area contributed by atoms with Gasteiger partial charge in [-0.1, -0.05) is 34.6 Å². The van der Waals surface area contributed by atoms with E-state index in [1.54, 1.807) is 0 Å². The molecule has 0 aromatic carbocycles. The average molecular weight is 226 g/mol. The van der Waals surface area contributed by atoms with Gasteiger partial charge in [-0.05, 0) is 24.7 Å². The van der Waals surface area contributed by atoms with Crippen LogP contribution >= 0.6 is 0 Å². The van der Waals surface area contributed by atoms with Crippen molar-refractivity contribution in [3.63, 3.8) is 0 Å². The van der Waals surface area contributed by atoms with Gasteiger partial charge in [-0.2, -0.15) is 0 Å². The van der Waals surface area contributed by atoms with Crippen molar-refractivity contribution in [1.82, 2.24) is 10.2 Å². The quantitative estimate of drug-likeness (QED) is 0.800. The second-order valence-corrected chi connectivity index (χ2v) is 6.06. The smallest absolute Gasteiger partial charge is 0.241 e. The summed E-state index contributed by atoms with van der Waals surface area (Å²) in [6, 6.07) is 0.0298. The Morgan fingerprint density at radius 3 is 2.38 bits per heavy atom. The van der Waals surface area contributed by atoms with Gasteiger partial charge < -0.3 is 4.90 Å². The zero-order valence-electron chi connectivity index (χ0n) is 11.5. The maximum atomic E-state index is 12.1. The first-order valence-corrected chi connectivity index (χ1v) is 6.34. The predicted octanol–water partition coefficient (Wildman–Crippen LogP) is 2.22. The molecule has 0 bridgehead atoms. The van der Waals surface area contributed by atoms with E-state index in [0.29, 0.717) is 5.92 Å².